The summed E-state index contributed by atoms with van der Waals surface area (Å²) in [7, 11) is 0. The lowest BCUT2D eigenvalue weighted by atomic mass is 9.72. The summed E-state index contributed by atoms with van der Waals surface area (Å²) in [6.45, 7) is 10.7. The first kappa shape index (κ1) is 16.7. The Bertz CT molecular complexity index is 768. The van der Waals surface area contributed by atoms with Crippen molar-refractivity contribution in [1.29, 1.82) is 0 Å². The second-order valence-corrected chi connectivity index (χ2v) is 9.21. The summed E-state index contributed by atoms with van der Waals surface area (Å²) in [5.41, 5.74) is 7.87. The van der Waals surface area contributed by atoms with Crippen molar-refractivity contribution in [3.63, 3.8) is 0 Å². The van der Waals surface area contributed by atoms with Gasteiger partial charge in [-0.15, -0.1) is 0 Å². The highest BCUT2D eigenvalue weighted by Gasteiger charge is 2.32. The molecule has 0 spiro atoms. The molecular weight excluding hydrogens is 302 g/mol. The molecule has 1 heteroatoms. The van der Waals surface area contributed by atoms with Crippen LogP contribution in [0.25, 0.3) is 0 Å². The highest BCUT2D eigenvalue weighted by atomic mass is 14.9. The van der Waals surface area contributed by atoms with Crippen LogP contribution in [0.4, 0.5) is 5.69 Å². The average molecular weight is 334 g/mol. The number of rotatable bonds is 2. The molecule has 0 bridgehead atoms. The van der Waals surface area contributed by atoms with E-state index < -0.39 is 0 Å². The van der Waals surface area contributed by atoms with Crippen molar-refractivity contribution in [2.75, 3.05) is 11.9 Å². The Morgan fingerprint density at radius 2 is 1.84 bits per heavy atom. The number of nitrogens with one attached hydrogen (secondary N) is 1. The maximum absolute atomic E-state index is 3.61. The number of hydrogen-bond donors (Lipinski definition) is 1. The fourth-order valence-electron chi connectivity index (χ4n) is 5.02. The molecule has 3 unspecified atom stereocenters. The minimum absolute atomic E-state index is 0.326. The Hall–Kier alpha value is -1.76. The molecule has 4 rings (SSSR count). The molecule has 2 aromatic carbocycles. The third kappa shape index (κ3) is 3.10. The van der Waals surface area contributed by atoms with E-state index in [9.17, 15) is 0 Å². The fraction of sp³-hybridized carbons (Fsp3) is 0.500. The van der Waals surface area contributed by atoms with Crippen LogP contribution in [0.1, 0.15) is 68.2 Å². The van der Waals surface area contributed by atoms with Gasteiger partial charge in [0.25, 0.3) is 0 Å². The van der Waals surface area contributed by atoms with Crippen molar-refractivity contribution >= 4 is 5.69 Å². The van der Waals surface area contributed by atoms with Gasteiger partial charge in [0.1, 0.15) is 0 Å². The molecule has 1 N–H and O–H groups in total. The summed E-state index contributed by atoms with van der Waals surface area (Å²) in [4.78, 5) is 0. The molecule has 0 radical (unpaired) electrons. The van der Waals surface area contributed by atoms with Crippen LogP contribution in [0.2, 0.25) is 0 Å². The zero-order valence-electron chi connectivity index (χ0n) is 16.1. The Morgan fingerprint density at radius 1 is 1.04 bits per heavy atom. The zero-order chi connectivity index (χ0) is 17.6. The summed E-state index contributed by atoms with van der Waals surface area (Å²) in [6, 6.07) is 16.2. The van der Waals surface area contributed by atoms with Gasteiger partial charge in [-0.1, -0.05) is 64.1 Å². The Morgan fingerprint density at radius 3 is 2.60 bits per heavy atom. The van der Waals surface area contributed by atoms with E-state index in [4.69, 9.17) is 0 Å². The van der Waals surface area contributed by atoms with Crippen LogP contribution in [-0.4, -0.2) is 6.54 Å². The molecule has 0 fully saturated rings. The van der Waals surface area contributed by atoms with Crippen molar-refractivity contribution in [3.05, 3.63) is 64.7 Å². The van der Waals surface area contributed by atoms with Crippen molar-refractivity contribution in [2.45, 2.75) is 58.8 Å². The molecule has 3 atom stereocenters. The number of hydrogen-bond acceptors (Lipinski definition) is 1. The lowest BCUT2D eigenvalue weighted by Crippen LogP contribution is -2.26. The van der Waals surface area contributed by atoms with Crippen molar-refractivity contribution < 1.29 is 0 Å². The van der Waals surface area contributed by atoms with Crippen molar-refractivity contribution in [2.24, 2.45) is 11.3 Å². The van der Waals surface area contributed by atoms with Crippen molar-refractivity contribution in [3.8, 4) is 0 Å². The molecule has 2 aliphatic rings. The lowest BCUT2D eigenvalue weighted by molar-refractivity contribution is 0.305. The van der Waals surface area contributed by atoms with Gasteiger partial charge >= 0.3 is 0 Å². The summed E-state index contributed by atoms with van der Waals surface area (Å²) in [6.07, 6.45) is 3.67. The second-order valence-electron chi connectivity index (χ2n) is 9.21. The van der Waals surface area contributed by atoms with E-state index in [1.54, 1.807) is 16.7 Å². The zero-order valence-corrected chi connectivity index (χ0v) is 16.1. The number of fused-ring (bicyclic) bond motifs is 2. The van der Waals surface area contributed by atoms with E-state index in [1.807, 2.05) is 0 Å². The van der Waals surface area contributed by atoms with Gasteiger partial charge in [-0.25, -0.2) is 0 Å². The van der Waals surface area contributed by atoms with Gasteiger partial charge in [-0.2, -0.15) is 0 Å². The predicted octanol–water partition coefficient (Wildman–Crippen LogP) is 6.15. The maximum atomic E-state index is 3.61. The Kier molecular flexibility index (Phi) is 4.14. The molecule has 1 aliphatic heterocycles. The van der Waals surface area contributed by atoms with Crippen molar-refractivity contribution in [1.82, 2.24) is 0 Å². The molecular formula is C24H31N. The third-order valence-electron chi connectivity index (χ3n) is 6.52. The van der Waals surface area contributed by atoms with Crippen LogP contribution in [-0.2, 0) is 12.8 Å². The third-order valence-corrected chi connectivity index (χ3v) is 6.52. The van der Waals surface area contributed by atoms with Gasteiger partial charge in [0.05, 0.1) is 0 Å². The molecule has 2 aromatic rings. The predicted molar refractivity (Wildman–Crippen MR) is 107 cm³/mol. The van der Waals surface area contributed by atoms with Gasteiger partial charge in [0, 0.05) is 12.2 Å². The number of anilines is 1. The van der Waals surface area contributed by atoms with Gasteiger partial charge in [0.2, 0.25) is 0 Å². The molecule has 0 amide bonds. The highest BCUT2D eigenvalue weighted by molar-refractivity contribution is 5.57. The molecule has 1 heterocycles. The monoisotopic (exact) mass is 333 g/mol. The smallest absolute Gasteiger partial charge is 0.0375 e. The summed E-state index contributed by atoms with van der Waals surface area (Å²) in [5.74, 6) is 2.06. The van der Waals surface area contributed by atoms with E-state index in [-0.39, 0.29) is 0 Å². The molecule has 0 aromatic heterocycles. The van der Waals surface area contributed by atoms with Crippen LogP contribution in [0.3, 0.4) is 0 Å². The normalized spacial score (nSPS) is 25.2. The second kappa shape index (κ2) is 6.20. The van der Waals surface area contributed by atoms with Crippen LogP contribution in [0.15, 0.2) is 42.5 Å². The quantitative estimate of drug-likeness (QED) is 0.695. The molecule has 0 saturated heterocycles. The van der Waals surface area contributed by atoms with E-state index >= 15 is 0 Å². The van der Waals surface area contributed by atoms with Crippen LogP contribution in [0, 0.1) is 11.3 Å². The molecule has 132 valence electrons. The van der Waals surface area contributed by atoms with Gasteiger partial charge < -0.3 is 5.32 Å². The summed E-state index contributed by atoms with van der Waals surface area (Å²) in [5, 5.41) is 3.61. The van der Waals surface area contributed by atoms with Gasteiger partial charge in [-0.3, -0.25) is 0 Å². The van der Waals surface area contributed by atoms with Gasteiger partial charge in [-0.05, 0) is 70.8 Å². The summed E-state index contributed by atoms with van der Waals surface area (Å²) < 4.78 is 0. The minimum atomic E-state index is 0.326. The average Bonchev–Trinajstić information content (AvgIpc) is 2.90. The topological polar surface area (TPSA) is 12.0 Å². The fourth-order valence-corrected chi connectivity index (χ4v) is 5.02. The van der Waals surface area contributed by atoms with E-state index in [0.717, 1.165) is 12.5 Å². The molecule has 25 heavy (non-hydrogen) atoms. The van der Waals surface area contributed by atoms with Crippen LogP contribution < -0.4 is 5.32 Å². The van der Waals surface area contributed by atoms with E-state index in [0.29, 0.717) is 17.3 Å². The largest absolute Gasteiger partial charge is 0.385 e. The minimum Gasteiger partial charge on any atom is -0.385 e. The first-order chi connectivity index (χ1) is 11.9. The molecule has 0 saturated carbocycles. The van der Waals surface area contributed by atoms with Gasteiger partial charge in [0.15, 0.2) is 0 Å². The Balaban J connectivity index is 1.59. The number of benzene rings is 2. The molecule has 1 nitrogen and oxygen atoms in total. The van der Waals surface area contributed by atoms with Crippen LogP contribution in [0.5, 0.6) is 0 Å². The Labute approximate surface area is 152 Å². The lowest BCUT2D eigenvalue weighted by Gasteiger charge is -2.36. The first-order valence-corrected chi connectivity index (χ1v) is 9.88. The van der Waals surface area contributed by atoms with E-state index in [2.05, 4.69) is 75.5 Å². The van der Waals surface area contributed by atoms with E-state index in [1.165, 1.54) is 30.5 Å². The van der Waals surface area contributed by atoms with Crippen LogP contribution >= 0.6 is 0 Å². The molecule has 1 aliphatic carbocycles. The standard InChI is InChI=1S/C24H31N/c1-16-19(15-18-7-5-6-8-20(16)18)13-17-9-10-23-21(14-17)22(11-12-25-23)24(2,3)4/h5-10,14,16,19,22,25H,11-13,15H2,1-4H3. The highest BCUT2D eigenvalue weighted by Crippen LogP contribution is 2.44. The first-order valence-electron chi connectivity index (χ1n) is 9.88. The SMILES string of the molecule is CC1c2ccccc2CC1Cc1ccc2c(c1)C(C(C)(C)C)CCN2. The summed E-state index contributed by atoms with van der Waals surface area (Å²) >= 11 is 0. The maximum Gasteiger partial charge on any atom is 0.0375 e.